The Labute approximate surface area is 196 Å². The van der Waals surface area contributed by atoms with E-state index in [0.29, 0.717) is 34.1 Å². The van der Waals surface area contributed by atoms with Crippen molar-refractivity contribution in [2.24, 2.45) is 0 Å². The summed E-state index contributed by atoms with van der Waals surface area (Å²) in [4.78, 5) is 34.9. The minimum absolute atomic E-state index is 0.169. The number of aromatic amines is 1. The van der Waals surface area contributed by atoms with E-state index in [0.717, 1.165) is 10.5 Å². The Hall–Kier alpha value is -4.17. The molecule has 0 bridgehead atoms. The van der Waals surface area contributed by atoms with Gasteiger partial charge in [-0.05, 0) is 30.2 Å². The van der Waals surface area contributed by atoms with Gasteiger partial charge in [-0.1, -0.05) is 61.5 Å². The Morgan fingerprint density at radius 3 is 2.53 bits per heavy atom. The van der Waals surface area contributed by atoms with Gasteiger partial charge in [-0.3, -0.25) is 14.6 Å². The third-order valence-corrected chi connectivity index (χ3v) is 6.46. The highest BCUT2D eigenvalue weighted by Gasteiger charge is 2.52. The number of hydrogen-bond acceptors (Lipinski definition) is 4. The van der Waals surface area contributed by atoms with Gasteiger partial charge in [0.25, 0.3) is 5.91 Å². The number of nitrogens with zero attached hydrogens (tertiary/aromatic N) is 3. The molecule has 2 amide bonds. The van der Waals surface area contributed by atoms with Crippen molar-refractivity contribution in [2.45, 2.75) is 25.1 Å². The van der Waals surface area contributed by atoms with Gasteiger partial charge in [0.05, 0.1) is 17.1 Å². The van der Waals surface area contributed by atoms with E-state index in [-0.39, 0.29) is 17.9 Å². The van der Waals surface area contributed by atoms with Crippen LogP contribution in [0.3, 0.4) is 0 Å². The van der Waals surface area contributed by atoms with E-state index in [9.17, 15) is 19.8 Å². The number of benzene rings is 3. The molecule has 34 heavy (non-hydrogen) atoms. The minimum Gasteiger partial charge on any atom is -0.465 e. The molecule has 0 spiro atoms. The number of fused-ring (bicyclic) bond motifs is 2. The molecule has 0 fully saturated rings. The molecule has 3 N–H and O–H groups in total. The van der Waals surface area contributed by atoms with Crippen LogP contribution >= 0.6 is 0 Å². The fourth-order valence-electron chi connectivity index (χ4n) is 4.75. The first kappa shape index (κ1) is 21.7. The molecule has 172 valence electrons. The van der Waals surface area contributed by atoms with Crippen LogP contribution in [0.5, 0.6) is 0 Å². The van der Waals surface area contributed by atoms with Crippen LogP contribution in [-0.4, -0.2) is 44.1 Å². The largest absolute Gasteiger partial charge is 0.465 e. The summed E-state index contributed by atoms with van der Waals surface area (Å²) in [6.45, 7) is 1.99. The summed E-state index contributed by atoms with van der Waals surface area (Å²) in [6.07, 6.45) is -0.542. The number of anilines is 1. The smallest absolute Gasteiger partial charge is 0.413 e. The van der Waals surface area contributed by atoms with Crippen molar-refractivity contribution in [1.82, 2.24) is 14.9 Å². The van der Waals surface area contributed by atoms with E-state index in [2.05, 4.69) is 9.97 Å². The number of amides is 2. The molecule has 1 aromatic heterocycles. The molecule has 0 aliphatic carbocycles. The fraction of sp³-hybridized carbons (Fsp3) is 0.192. The molecule has 8 nitrogen and oxygen atoms in total. The lowest BCUT2D eigenvalue weighted by Crippen LogP contribution is -2.46. The van der Waals surface area contributed by atoms with Gasteiger partial charge in [0, 0.05) is 23.7 Å². The maximum absolute atomic E-state index is 13.7. The van der Waals surface area contributed by atoms with E-state index in [1.54, 1.807) is 47.4 Å². The lowest BCUT2D eigenvalue weighted by Gasteiger charge is -2.40. The quantitative estimate of drug-likeness (QED) is 0.410. The highest BCUT2D eigenvalue weighted by atomic mass is 16.4. The molecule has 1 aliphatic heterocycles. The van der Waals surface area contributed by atoms with Crippen LogP contribution in [0.4, 0.5) is 10.7 Å². The number of rotatable bonds is 5. The predicted molar refractivity (Wildman–Crippen MR) is 128 cm³/mol. The van der Waals surface area contributed by atoms with Crippen LogP contribution in [0.25, 0.3) is 11.0 Å². The minimum atomic E-state index is -1.72. The van der Waals surface area contributed by atoms with Crippen LogP contribution in [0.1, 0.15) is 46.4 Å². The molecule has 1 unspecified atom stereocenters. The Morgan fingerprint density at radius 2 is 1.82 bits per heavy atom. The Morgan fingerprint density at radius 1 is 1.12 bits per heavy atom. The second-order valence-corrected chi connectivity index (χ2v) is 8.36. The molecule has 1 aliphatic rings. The van der Waals surface area contributed by atoms with Crippen LogP contribution in [0.2, 0.25) is 0 Å². The van der Waals surface area contributed by atoms with Crippen LogP contribution in [-0.2, 0) is 5.72 Å². The van der Waals surface area contributed by atoms with Crippen molar-refractivity contribution in [2.75, 3.05) is 11.9 Å². The third kappa shape index (κ3) is 3.14. The zero-order valence-electron chi connectivity index (χ0n) is 18.8. The zero-order valence-corrected chi connectivity index (χ0v) is 18.8. The monoisotopic (exact) mass is 456 g/mol. The van der Waals surface area contributed by atoms with Gasteiger partial charge < -0.3 is 15.2 Å². The second kappa shape index (κ2) is 8.00. The van der Waals surface area contributed by atoms with Gasteiger partial charge in [0.2, 0.25) is 5.95 Å². The summed E-state index contributed by atoms with van der Waals surface area (Å²) >= 11 is 0. The van der Waals surface area contributed by atoms with Gasteiger partial charge in [-0.15, -0.1) is 0 Å². The standard InChI is InChI=1S/C26H24N4O4/c1-3-22(16-9-5-4-6-10-16)30-23(31)18-11-7-8-12-19(18)26(30,34)17-13-14-20-21(15-17)28-24(27-20)29(2)25(32)33/h4-15,22,34H,3H2,1-2H3,(H,27,28)(H,32,33)/t22-,26?/m0/s1. The SMILES string of the molecule is CC[C@@H](c1ccccc1)N1C(=O)c2ccccc2C1(O)c1ccc2nc(N(C)C(=O)O)[nH]c2c1. The number of nitrogens with one attached hydrogen (secondary N) is 1. The van der Waals surface area contributed by atoms with Gasteiger partial charge in [-0.25, -0.2) is 9.78 Å². The molecular weight excluding hydrogens is 432 g/mol. The molecule has 2 heterocycles. The number of carbonyl (C=O) groups is 2. The number of carbonyl (C=O) groups excluding carboxylic acids is 1. The van der Waals surface area contributed by atoms with E-state index >= 15 is 0 Å². The first-order chi connectivity index (χ1) is 16.4. The predicted octanol–water partition coefficient (Wildman–Crippen LogP) is 4.48. The molecule has 8 heteroatoms. The molecule has 0 saturated carbocycles. The summed E-state index contributed by atoms with van der Waals surface area (Å²) in [7, 11) is 1.40. The van der Waals surface area contributed by atoms with Gasteiger partial charge >= 0.3 is 6.09 Å². The van der Waals surface area contributed by atoms with Gasteiger partial charge in [-0.2, -0.15) is 0 Å². The Balaban J connectivity index is 1.69. The molecular formula is C26H24N4O4. The zero-order chi connectivity index (χ0) is 24.0. The lowest BCUT2D eigenvalue weighted by atomic mass is 9.91. The number of imidazole rings is 1. The summed E-state index contributed by atoms with van der Waals surface area (Å²) in [6, 6.07) is 21.6. The van der Waals surface area contributed by atoms with Crippen molar-refractivity contribution < 1.29 is 19.8 Å². The third-order valence-electron chi connectivity index (χ3n) is 6.46. The van der Waals surface area contributed by atoms with Crippen LogP contribution < -0.4 is 4.90 Å². The Kier molecular flexibility index (Phi) is 5.10. The molecule has 5 rings (SSSR count). The maximum atomic E-state index is 13.7. The van der Waals surface area contributed by atoms with Crippen molar-refractivity contribution in [3.63, 3.8) is 0 Å². The van der Waals surface area contributed by atoms with E-state index in [1.807, 2.05) is 37.3 Å². The Bertz CT molecular complexity index is 1400. The average molecular weight is 457 g/mol. The van der Waals surface area contributed by atoms with Gasteiger partial charge in [0.1, 0.15) is 0 Å². The second-order valence-electron chi connectivity index (χ2n) is 8.36. The van der Waals surface area contributed by atoms with Gasteiger partial charge in [0.15, 0.2) is 5.72 Å². The molecule has 0 radical (unpaired) electrons. The van der Waals surface area contributed by atoms with Crippen LogP contribution in [0.15, 0.2) is 72.8 Å². The first-order valence-corrected chi connectivity index (χ1v) is 11.0. The highest BCUT2D eigenvalue weighted by molar-refractivity contribution is 6.01. The molecule has 0 saturated heterocycles. The molecule has 3 aromatic carbocycles. The van der Waals surface area contributed by atoms with E-state index < -0.39 is 11.8 Å². The van der Waals surface area contributed by atoms with Crippen molar-refractivity contribution >= 4 is 29.0 Å². The molecule has 2 atom stereocenters. The fourth-order valence-corrected chi connectivity index (χ4v) is 4.75. The topological polar surface area (TPSA) is 110 Å². The van der Waals surface area contributed by atoms with Crippen LogP contribution in [0, 0.1) is 0 Å². The van der Waals surface area contributed by atoms with Crippen molar-refractivity contribution in [3.05, 3.63) is 95.1 Å². The van der Waals surface area contributed by atoms with E-state index in [1.165, 1.54) is 7.05 Å². The first-order valence-electron chi connectivity index (χ1n) is 11.0. The summed E-state index contributed by atoms with van der Waals surface area (Å²) < 4.78 is 0. The summed E-state index contributed by atoms with van der Waals surface area (Å²) in [5, 5.41) is 21.6. The summed E-state index contributed by atoms with van der Waals surface area (Å²) in [5.74, 6) is -0.0769. The number of carboxylic acid groups (broad SMARTS) is 1. The number of aliphatic hydroxyl groups is 1. The maximum Gasteiger partial charge on any atom is 0.413 e. The normalized spacial score (nSPS) is 18.2. The average Bonchev–Trinajstić information content (AvgIpc) is 3.38. The molecule has 4 aromatic rings. The van der Waals surface area contributed by atoms with Crippen molar-refractivity contribution in [3.8, 4) is 0 Å². The lowest BCUT2D eigenvalue weighted by molar-refractivity contribution is -0.0715. The number of aromatic nitrogens is 2. The van der Waals surface area contributed by atoms with E-state index in [4.69, 9.17) is 0 Å². The number of hydrogen-bond donors (Lipinski definition) is 3. The van der Waals surface area contributed by atoms with Crippen molar-refractivity contribution in [1.29, 1.82) is 0 Å². The summed E-state index contributed by atoms with van der Waals surface area (Å²) in [5.41, 5.74) is 1.76. The highest BCUT2D eigenvalue weighted by Crippen LogP contribution is 2.47. The number of H-pyrrole nitrogens is 1.